The van der Waals surface area contributed by atoms with Crippen molar-refractivity contribution in [3.05, 3.63) is 17.5 Å². The molecule has 2 rings (SSSR count). The quantitative estimate of drug-likeness (QED) is 0.637. The number of rotatable bonds is 2. The summed E-state index contributed by atoms with van der Waals surface area (Å²) in [4.78, 5) is 10.6. The maximum Gasteiger partial charge on any atom is 0.153 e. The van der Waals surface area contributed by atoms with Crippen LogP contribution in [0, 0.1) is 6.92 Å². The van der Waals surface area contributed by atoms with E-state index in [1.807, 2.05) is 11.6 Å². The predicted molar refractivity (Wildman–Crippen MR) is 46.8 cm³/mol. The third-order valence-electron chi connectivity index (χ3n) is 2.36. The smallest absolute Gasteiger partial charge is 0.153 e. The number of ether oxygens (including phenoxy) is 1. The number of carbonyl (C=O) groups excluding carboxylic acids is 1. The lowest BCUT2D eigenvalue weighted by molar-refractivity contribution is 0.112. The van der Waals surface area contributed by atoms with Gasteiger partial charge in [0.2, 0.25) is 0 Å². The van der Waals surface area contributed by atoms with Crippen LogP contribution in [0.5, 0.6) is 0 Å². The van der Waals surface area contributed by atoms with Gasteiger partial charge >= 0.3 is 0 Å². The van der Waals surface area contributed by atoms with Gasteiger partial charge in [0.15, 0.2) is 6.29 Å². The summed E-state index contributed by atoms with van der Waals surface area (Å²) in [7, 11) is 0. The van der Waals surface area contributed by atoms with Crippen molar-refractivity contribution in [3.63, 3.8) is 0 Å². The Hall–Kier alpha value is -1.16. The van der Waals surface area contributed by atoms with Crippen LogP contribution >= 0.6 is 0 Å². The summed E-state index contributed by atoms with van der Waals surface area (Å²) in [5.41, 5.74) is 1.47. The molecule has 1 aliphatic heterocycles. The van der Waals surface area contributed by atoms with Crippen molar-refractivity contribution >= 4 is 6.29 Å². The van der Waals surface area contributed by atoms with Gasteiger partial charge in [-0.3, -0.25) is 9.48 Å². The highest BCUT2D eigenvalue weighted by atomic mass is 16.5. The molecule has 0 bridgehead atoms. The first-order chi connectivity index (χ1) is 6.31. The summed E-state index contributed by atoms with van der Waals surface area (Å²) in [6.45, 7) is 3.34. The zero-order chi connectivity index (χ0) is 9.26. The van der Waals surface area contributed by atoms with Crippen LogP contribution < -0.4 is 0 Å². The minimum absolute atomic E-state index is 0.312. The van der Waals surface area contributed by atoms with Crippen molar-refractivity contribution in [3.8, 4) is 0 Å². The molecule has 4 nitrogen and oxygen atoms in total. The average molecular weight is 180 g/mol. The van der Waals surface area contributed by atoms with Crippen molar-refractivity contribution in [1.29, 1.82) is 0 Å². The molecule has 0 saturated carbocycles. The zero-order valence-corrected chi connectivity index (χ0v) is 7.56. The van der Waals surface area contributed by atoms with Gasteiger partial charge in [0.05, 0.1) is 23.9 Å². The molecule has 0 aromatic carbocycles. The molecule has 70 valence electrons. The summed E-state index contributed by atoms with van der Waals surface area (Å²) >= 11 is 0. The van der Waals surface area contributed by atoms with Crippen molar-refractivity contribution in [2.24, 2.45) is 0 Å². The van der Waals surface area contributed by atoms with Crippen LogP contribution in [-0.2, 0) is 4.74 Å². The number of aldehydes is 1. The second kappa shape index (κ2) is 3.30. The molecule has 1 unspecified atom stereocenters. The fourth-order valence-corrected chi connectivity index (χ4v) is 1.53. The lowest BCUT2D eigenvalue weighted by Gasteiger charge is -2.06. The van der Waals surface area contributed by atoms with Crippen LogP contribution in [0.15, 0.2) is 6.20 Å². The fraction of sp³-hybridized carbons (Fsp3) is 0.556. The highest BCUT2D eigenvalue weighted by Crippen LogP contribution is 2.18. The van der Waals surface area contributed by atoms with E-state index in [1.165, 1.54) is 0 Å². The number of hydrogen-bond donors (Lipinski definition) is 0. The first kappa shape index (κ1) is 8.44. The van der Waals surface area contributed by atoms with Crippen molar-refractivity contribution in [2.75, 3.05) is 13.2 Å². The van der Waals surface area contributed by atoms with Gasteiger partial charge in [-0.25, -0.2) is 0 Å². The first-order valence-corrected chi connectivity index (χ1v) is 4.40. The molecule has 1 aliphatic rings. The molecular formula is C9H12N2O2. The van der Waals surface area contributed by atoms with E-state index in [0.717, 1.165) is 25.0 Å². The summed E-state index contributed by atoms with van der Waals surface area (Å²) < 4.78 is 7.08. The lowest BCUT2D eigenvalue weighted by Crippen LogP contribution is -2.08. The molecule has 0 radical (unpaired) electrons. The van der Waals surface area contributed by atoms with E-state index in [9.17, 15) is 4.79 Å². The molecule has 1 aromatic heterocycles. The molecule has 1 saturated heterocycles. The van der Waals surface area contributed by atoms with Gasteiger partial charge in [-0.15, -0.1) is 0 Å². The Morgan fingerprint density at radius 2 is 2.62 bits per heavy atom. The van der Waals surface area contributed by atoms with Crippen molar-refractivity contribution in [1.82, 2.24) is 9.78 Å². The number of hydrogen-bond acceptors (Lipinski definition) is 3. The van der Waals surface area contributed by atoms with Crippen LogP contribution in [0.25, 0.3) is 0 Å². The number of nitrogens with zero attached hydrogens (tertiary/aromatic N) is 2. The Bertz CT molecular complexity index is 313. The first-order valence-electron chi connectivity index (χ1n) is 4.40. The van der Waals surface area contributed by atoms with E-state index < -0.39 is 0 Å². The van der Waals surface area contributed by atoms with Gasteiger partial charge in [0.25, 0.3) is 0 Å². The van der Waals surface area contributed by atoms with E-state index in [-0.39, 0.29) is 0 Å². The number of aromatic nitrogens is 2. The van der Waals surface area contributed by atoms with Gasteiger partial charge in [0.1, 0.15) is 0 Å². The Morgan fingerprint density at radius 1 is 1.77 bits per heavy atom. The minimum atomic E-state index is 0.312. The lowest BCUT2D eigenvalue weighted by atomic mass is 10.2. The zero-order valence-electron chi connectivity index (χ0n) is 7.56. The third kappa shape index (κ3) is 1.49. The second-order valence-corrected chi connectivity index (χ2v) is 3.29. The fourth-order valence-electron chi connectivity index (χ4n) is 1.53. The van der Waals surface area contributed by atoms with Crippen LogP contribution in [0.3, 0.4) is 0 Å². The van der Waals surface area contributed by atoms with E-state index in [4.69, 9.17) is 4.74 Å². The van der Waals surface area contributed by atoms with E-state index in [1.54, 1.807) is 6.20 Å². The van der Waals surface area contributed by atoms with E-state index in [2.05, 4.69) is 5.10 Å². The van der Waals surface area contributed by atoms with Crippen molar-refractivity contribution in [2.45, 2.75) is 19.4 Å². The van der Waals surface area contributed by atoms with E-state index in [0.29, 0.717) is 18.2 Å². The van der Waals surface area contributed by atoms with Crippen molar-refractivity contribution < 1.29 is 9.53 Å². The summed E-state index contributed by atoms with van der Waals surface area (Å²) in [5.74, 6) is 0. The molecule has 13 heavy (non-hydrogen) atoms. The Labute approximate surface area is 76.5 Å². The van der Waals surface area contributed by atoms with Gasteiger partial charge in [-0.05, 0) is 13.3 Å². The molecule has 0 aliphatic carbocycles. The van der Waals surface area contributed by atoms with Crippen LogP contribution in [-0.4, -0.2) is 29.3 Å². The van der Waals surface area contributed by atoms with Gasteiger partial charge in [-0.1, -0.05) is 0 Å². The number of carbonyl (C=O) groups is 1. The van der Waals surface area contributed by atoms with Crippen LogP contribution in [0.2, 0.25) is 0 Å². The Morgan fingerprint density at radius 3 is 3.15 bits per heavy atom. The van der Waals surface area contributed by atoms with Gasteiger partial charge < -0.3 is 4.74 Å². The monoisotopic (exact) mass is 180 g/mol. The Balaban J connectivity index is 2.24. The average Bonchev–Trinajstić information content (AvgIpc) is 2.71. The normalized spacial score (nSPS) is 22.1. The minimum Gasteiger partial charge on any atom is -0.379 e. The third-order valence-corrected chi connectivity index (χ3v) is 2.36. The molecule has 1 aromatic rings. The second-order valence-electron chi connectivity index (χ2n) is 3.29. The SMILES string of the molecule is Cc1nn(C2CCOC2)cc1C=O. The predicted octanol–water partition coefficient (Wildman–Crippen LogP) is 0.965. The number of aryl methyl sites for hydroxylation is 1. The summed E-state index contributed by atoms with van der Waals surface area (Å²) in [6.07, 6.45) is 3.62. The molecule has 2 heterocycles. The van der Waals surface area contributed by atoms with Crippen LogP contribution in [0.4, 0.5) is 0 Å². The largest absolute Gasteiger partial charge is 0.379 e. The molecule has 0 N–H and O–H groups in total. The molecular weight excluding hydrogens is 168 g/mol. The summed E-state index contributed by atoms with van der Waals surface area (Å²) in [6, 6.07) is 0.312. The topological polar surface area (TPSA) is 44.1 Å². The maximum absolute atomic E-state index is 10.6. The molecule has 0 spiro atoms. The molecule has 1 fully saturated rings. The van der Waals surface area contributed by atoms with Crippen LogP contribution in [0.1, 0.15) is 28.5 Å². The molecule has 1 atom stereocenters. The molecule has 0 amide bonds. The maximum atomic E-state index is 10.6. The Kier molecular flexibility index (Phi) is 2.14. The van der Waals surface area contributed by atoms with E-state index >= 15 is 0 Å². The molecule has 4 heteroatoms. The summed E-state index contributed by atoms with van der Waals surface area (Å²) in [5, 5.41) is 4.27. The highest BCUT2D eigenvalue weighted by Gasteiger charge is 2.19. The highest BCUT2D eigenvalue weighted by molar-refractivity contribution is 5.75. The van der Waals surface area contributed by atoms with Gasteiger partial charge in [0, 0.05) is 12.8 Å². The van der Waals surface area contributed by atoms with Gasteiger partial charge in [-0.2, -0.15) is 5.10 Å². The standard InChI is InChI=1S/C9H12N2O2/c1-7-8(5-12)4-11(10-7)9-2-3-13-6-9/h4-5,9H,2-3,6H2,1H3.